The fraction of sp³-hybridized carbons (Fsp3) is 0. The normalized spacial score (nSPS) is 11.8. The summed E-state index contributed by atoms with van der Waals surface area (Å²) in [6.45, 7) is 0. The van der Waals surface area contributed by atoms with E-state index < -0.39 is 14.5 Å². The van der Waals surface area contributed by atoms with Gasteiger partial charge < -0.3 is 0 Å². The van der Waals surface area contributed by atoms with E-state index in [4.69, 9.17) is 8.19 Å². The first kappa shape index (κ1) is 7.03. The Kier molecular flexibility index (Phi) is 2.77. The summed E-state index contributed by atoms with van der Waals surface area (Å²) >= 11 is -3.98. The Morgan fingerprint density at radius 1 is 1.67 bits per heavy atom. The van der Waals surface area contributed by atoms with E-state index in [-0.39, 0.29) is 0 Å². The molecule has 38 valence electrons. The van der Waals surface area contributed by atoms with Crippen molar-refractivity contribution in [1.29, 1.82) is 0 Å². The molecular weight excluding hydrogens is 267 g/mol. The van der Waals surface area contributed by atoms with Crippen LogP contribution in [0.15, 0.2) is 0 Å². The van der Waals surface area contributed by atoms with E-state index in [1.165, 1.54) is 0 Å². The fourth-order valence-electron chi connectivity index (χ4n) is 0. The van der Waals surface area contributed by atoms with Crippen LogP contribution in [0.2, 0.25) is 0 Å². The summed E-state index contributed by atoms with van der Waals surface area (Å²) in [5, 5.41) is 0. The molecule has 0 saturated carbocycles. The van der Waals surface area contributed by atoms with Crippen molar-refractivity contribution < 1.29 is 14.0 Å². The van der Waals surface area contributed by atoms with Gasteiger partial charge >= 0.3 is 51.2 Å². The molecule has 4 nitrogen and oxygen atoms in total. The van der Waals surface area contributed by atoms with Gasteiger partial charge in [0.2, 0.25) is 0 Å². The minimum atomic E-state index is -4.64. The molecule has 0 aromatic carbocycles. The van der Waals surface area contributed by atoms with Crippen molar-refractivity contribution in [3.63, 3.8) is 0 Å². The van der Waals surface area contributed by atoms with Crippen molar-refractivity contribution in [3.05, 3.63) is 0 Å². The number of hydrogen-bond acceptors (Lipinski definition) is 2. The number of rotatable bonds is 1. The molecule has 0 aliphatic carbocycles. The summed E-state index contributed by atoms with van der Waals surface area (Å²) in [4.78, 5) is 0. The van der Waals surface area contributed by atoms with Gasteiger partial charge in [0.15, 0.2) is 0 Å². The Labute approximate surface area is 51.3 Å². The molecule has 0 atom stereocenters. The van der Waals surface area contributed by atoms with E-state index in [0.29, 0.717) is 22.7 Å². The van der Waals surface area contributed by atoms with Gasteiger partial charge in [0.25, 0.3) is 0 Å². The maximum absolute atomic E-state index is 9.55. The van der Waals surface area contributed by atoms with Crippen LogP contribution in [0, 0.1) is 0 Å². The zero-order chi connectivity index (χ0) is 5.21. The molecule has 0 aliphatic heterocycles. The predicted octanol–water partition coefficient (Wildman–Crippen LogP) is -2.33. The van der Waals surface area contributed by atoms with Crippen LogP contribution in [0.25, 0.3) is 0 Å². The third kappa shape index (κ3) is 5.03. The Bertz CT molecular complexity index is 71.6. The van der Waals surface area contributed by atoms with Gasteiger partial charge in [-0.15, -0.1) is 0 Å². The van der Waals surface area contributed by atoms with Crippen molar-refractivity contribution in [2.24, 2.45) is 0 Å². The van der Waals surface area contributed by atoms with E-state index in [9.17, 15) is 3.74 Å². The fourth-order valence-corrected chi connectivity index (χ4v) is 0. The zero-order valence-electron chi connectivity index (χ0n) is 2.61. The van der Waals surface area contributed by atoms with Crippen LogP contribution in [0.3, 0.4) is 0 Å². The first-order valence-corrected chi connectivity index (χ1v) is 5.20. The van der Waals surface area contributed by atoms with Crippen molar-refractivity contribution in [2.45, 2.75) is 0 Å². The monoisotopic (exact) mass is 272 g/mol. The number of hydrogen-bond donors (Lipinski definition) is 2. The SMILES string of the molecule is O=[As](O)(O)O[TeH]. The summed E-state index contributed by atoms with van der Waals surface area (Å²) in [7, 11) is 0. The van der Waals surface area contributed by atoms with Gasteiger partial charge in [-0.1, -0.05) is 0 Å². The van der Waals surface area contributed by atoms with Gasteiger partial charge in [0.1, 0.15) is 0 Å². The Morgan fingerprint density at radius 2 is 1.83 bits per heavy atom. The first-order chi connectivity index (χ1) is 2.56. The van der Waals surface area contributed by atoms with Crippen molar-refractivity contribution in [3.8, 4) is 0 Å². The van der Waals surface area contributed by atoms with E-state index >= 15 is 0 Å². The molecule has 0 fully saturated rings. The van der Waals surface area contributed by atoms with Crippen LogP contribution in [-0.2, 0) is 5.83 Å². The minimum absolute atomic E-state index is 0.663. The van der Waals surface area contributed by atoms with Gasteiger partial charge in [0, 0.05) is 0 Å². The van der Waals surface area contributed by atoms with Gasteiger partial charge in [0.05, 0.1) is 0 Å². The van der Waals surface area contributed by atoms with Gasteiger partial charge in [-0.2, -0.15) is 0 Å². The average molecular weight is 270 g/mol. The maximum atomic E-state index is 9.55. The quantitative estimate of drug-likeness (QED) is 0.524. The van der Waals surface area contributed by atoms with Crippen LogP contribution in [0.1, 0.15) is 0 Å². The second-order valence-electron chi connectivity index (χ2n) is 0.572. The predicted molar refractivity (Wildman–Crippen MR) is 19.1 cm³/mol. The van der Waals surface area contributed by atoms with Gasteiger partial charge in [-0.05, 0) is 0 Å². The topological polar surface area (TPSA) is 66.8 Å². The average Bonchev–Trinajstić information content (AvgIpc) is 1.35. The Balaban J connectivity index is 3.48. The molecule has 0 aromatic heterocycles. The molecule has 0 aliphatic rings. The summed E-state index contributed by atoms with van der Waals surface area (Å²) < 4.78 is 28.8. The van der Waals surface area contributed by atoms with Crippen molar-refractivity contribution in [1.82, 2.24) is 0 Å². The van der Waals surface area contributed by atoms with Crippen LogP contribution < -0.4 is 0 Å². The van der Waals surface area contributed by atoms with Crippen molar-refractivity contribution >= 4 is 37.2 Å². The molecule has 0 spiro atoms. The van der Waals surface area contributed by atoms with Crippen LogP contribution in [0.5, 0.6) is 0 Å². The molecule has 0 aromatic rings. The van der Waals surface area contributed by atoms with Crippen LogP contribution >= 0.6 is 0 Å². The summed E-state index contributed by atoms with van der Waals surface area (Å²) in [6.07, 6.45) is 0. The third-order valence-corrected chi connectivity index (χ3v) is 3.71. The van der Waals surface area contributed by atoms with Crippen molar-refractivity contribution in [2.75, 3.05) is 0 Å². The van der Waals surface area contributed by atoms with Gasteiger partial charge in [-0.25, -0.2) is 0 Å². The molecule has 0 amide bonds. The molecule has 0 radical (unpaired) electrons. The zero-order valence-corrected chi connectivity index (χ0v) is 7.03. The second-order valence-corrected chi connectivity index (χ2v) is 5.40. The Hall–Kier alpha value is 1.03. The Morgan fingerprint density at radius 3 is 1.83 bits per heavy atom. The summed E-state index contributed by atoms with van der Waals surface area (Å²) in [6, 6.07) is 0. The summed E-state index contributed by atoms with van der Waals surface area (Å²) in [5.41, 5.74) is 0. The van der Waals surface area contributed by atoms with Gasteiger partial charge in [-0.3, -0.25) is 0 Å². The van der Waals surface area contributed by atoms with E-state index in [1.807, 2.05) is 0 Å². The molecule has 0 saturated heterocycles. The molecule has 6 heavy (non-hydrogen) atoms. The van der Waals surface area contributed by atoms with E-state index in [2.05, 4.69) is 2.09 Å². The first-order valence-electron chi connectivity index (χ1n) is 0.948. The standard InChI is InChI=1S/AsH3O4Te/c2-1(3,4)5-6/h6H,(H2,2,3,4). The van der Waals surface area contributed by atoms with Crippen LogP contribution in [-0.4, -0.2) is 45.4 Å². The third-order valence-electron chi connectivity index (χ3n) is 0.106. The molecular formula is H3AsO4Te. The molecule has 6 heteroatoms. The molecule has 0 heterocycles. The molecule has 2 N–H and O–H groups in total. The molecule has 0 unspecified atom stereocenters. The summed E-state index contributed by atoms with van der Waals surface area (Å²) in [5.74, 6) is 0. The van der Waals surface area contributed by atoms with E-state index in [1.54, 1.807) is 0 Å². The molecule has 0 bridgehead atoms. The van der Waals surface area contributed by atoms with Crippen LogP contribution in [0.4, 0.5) is 0 Å². The van der Waals surface area contributed by atoms with E-state index in [0.717, 1.165) is 0 Å². The second kappa shape index (κ2) is 2.36. The molecule has 0 rings (SSSR count).